The largest absolute Gasteiger partial charge is 0.464 e. The molecule has 0 unspecified atom stereocenters. The number of pyridine rings is 1. The maximum Gasteiger partial charge on any atom is 0.128 e. The molecule has 0 aromatic carbocycles. The van der Waals surface area contributed by atoms with Crippen LogP contribution in [0.15, 0.2) is 40.9 Å². The van der Waals surface area contributed by atoms with E-state index < -0.39 is 0 Å². The van der Waals surface area contributed by atoms with Gasteiger partial charge in [0.25, 0.3) is 0 Å². The molecule has 1 saturated heterocycles. The number of nitrogens with zero attached hydrogens (tertiary/aromatic N) is 2. The summed E-state index contributed by atoms with van der Waals surface area (Å²) in [5.74, 6) is 3.16. The van der Waals surface area contributed by atoms with E-state index in [-0.39, 0.29) is 6.04 Å². The van der Waals surface area contributed by atoms with Crippen LogP contribution in [0.2, 0.25) is 0 Å². The Bertz CT molecular complexity index is 566. The molecule has 2 aromatic rings. The van der Waals surface area contributed by atoms with Gasteiger partial charge >= 0.3 is 0 Å². The second kappa shape index (κ2) is 6.31. The molecule has 0 bridgehead atoms. The molecular weight excluding hydrogens is 262 g/mol. The highest BCUT2D eigenvalue weighted by Gasteiger charge is 2.25. The summed E-state index contributed by atoms with van der Waals surface area (Å²) < 4.78 is 5.83. The summed E-state index contributed by atoms with van der Waals surface area (Å²) in [5.41, 5.74) is 0. The van der Waals surface area contributed by atoms with Crippen LogP contribution in [0, 0.1) is 0 Å². The Morgan fingerprint density at radius 1 is 1.38 bits per heavy atom. The lowest BCUT2D eigenvalue weighted by Crippen LogP contribution is -2.34. The van der Waals surface area contributed by atoms with Gasteiger partial charge in [0.15, 0.2) is 0 Å². The smallest absolute Gasteiger partial charge is 0.128 e. The molecule has 2 aromatic heterocycles. The Labute approximate surface area is 126 Å². The number of hydrogen-bond acceptors (Lipinski definition) is 4. The third-order valence-electron chi connectivity index (χ3n) is 4.10. The zero-order valence-electron chi connectivity index (χ0n) is 12.7. The van der Waals surface area contributed by atoms with Crippen LogP contribution in [0.1, 0.15) is 37.8 Å². The predicted octanol–water partition coefficient (Wildman–Crippen LogP) is 3.17. The minimum absolute atomic E-state index is 0.249. The molecule has 0 spiro atoms. The van der Waals surface area contributed by atoms with Crippen molar-refractivity contribution in [3.05, 3.63) is 48.0 Å². The minimum atomic E-state index is 0.249. The van der Waals surface area contributed by atoms with E-state index in [1.807, 2.05) is 18.3 Å². The molecule has 112 valence electrons. The van der Waals surface area contributed by atoms with Crippen molar-refractivity contribution in [1.82, 2.24) is 10.3 Å². The van der Waals surface area contributed by atoms with Crippen LogP contribution in [0.4, 0.5) is 5.82 Å². The summed E-state index contributed by atoms with van der Waals surface area (Å²) in [7, 11) is 0. The minimum Gasteiger partial charge on any atom is -0.464 e. The lowest BCUT2D eigenvalue weighted by Gasteiger charge is -2.20. The van der Waals surface area contributed by atoms with Crippen molar-refractivity contribution >= 4 is 5.82 Å². The first-order valence-electron chi connectivity index (χ1n) is 7.77. The Balaban J connectivity index is 1.57. The maximum absolute atomic E-state index is 5.83. The van der Waals surface area contributed by atoms with E-state index in [4.69, 9.17) is 4.42 Å². The highest BCUT2D eigenvalue weighted by Crippen LogP contribution is 2.21. The molecule has 21 heavy (non-hydrogen) atoms. The lowest BCUT2D eigenvalue weighted by molar-refractivity contribution is 0.384. The molecule has 1 aliphatic heterocycles. The van der Waals surface area contributed by atoms with Crippen molar-refractivity contribution in [2.45, 2.75) is 38.8 Å². The number of rotatable bonds is 5. The Morgan fingerprint density at radius 3 is 3.00 bits per heavy atom. The predicted molar refractivity (Wildman–Crippen MR) is 84.5 cm³/mol. The van der Waals surface area contributed by atoms with Crippen LogP contribution in [0.5, 0.6) is 0 Å². The summed E-state index contributed by atoms with van der Waals surface area (Å²) in [6, 6.07) is 11.0. The fourth-order valence-electron chi connectivity index (χ4n) is 2.90. The zero-order valence-corrected chi connectivity index (χ0v) is 12.7. The van der Waals surface area contributed by atoms with Gasteiger partial charge in [-0.1, -0.05) is 13.0 Å². The van der Waals surface area contributed by atoms with Crippen molar-refractivity contribution < 1.29 is 4.42 Å². The Morgan fingerprint density at radius 2 is 2.29 bits per heavy atom. The van der Waals surface area contributed by atoms with Gasteiger partial charge in [-0.2, -0.15) is 0 Å². The maximum atomic E-state index is 5.83. The molecule has 0 radical (unpaired) electrons. The average Bonchev–Trinajstić information content (AvgIpc) is 3.17. The molecule has 3 heterocycles. The van der Waals surface area contributed by atoms with Gasteiger partial charge in [-0.25, -0.2) is 4.98 Å². The van der Waals surface area contributed by atoms with Crippen molar-refractivity contribution in [3.8, 4) is 0 Å². The van der Waals surface area contributed by atoms with E-state index >= 15 is 0 Å². The molecule has 1 N–H and O–H groups in total. The SMILES string of the molecule is CCc1ccc([C@H](C)N[C@H]2CCN(c3ccccn3)C2)o1. The van der Waals surface area contributed by atoms with Crippen LogP contribution in [0.3, 0.4) is 0 Å². The molecule has 0 aliphatic carbocycles. The van der Waals surface area contributed by atoms with E-state index in [1.165, 1.54) is 0 Å². The van der Waals surface area contributed by atoms with E-state index in [1.54, 1.807) is 0 Å². The van der Waals surface area contributed by atoms with Gasteiger partial charge in [0.2, 0.25) is 0 Å². The fourth-order valence-corrected chi connectivity index (χ4v) is 2.90. The molecule has 1 fully saturated rings. The summed E-state index contributed by atoms with van der Waals surface area (Å²) in [4.78, 5) is 6.76. The van der Waals surface area contributed by atoms with E-state index in [0.717, 1.165) is 43.3 Å². The first-order valence-corrected chi connectivity index (χ1v) is 7.77. The first kappa shape index (κ1) is 14.1. The second-order valence-corrected chi connectivity index (χ2v) is 5.67. The molecular formula is C17H23N3O. The van der Waals surface area contributed by atoms with Crippen LogP contribution in [0.25, 0.3) is 0 Å². The van der Waals surface area contributed by atoms with E-state index in [2.05, 4.69) is 47.2 Å². The number of hydrogen-bond donors (Lipinski definition) is 1. The first-order chi connectivity index (χ1) is 10.3. The van der Waals surface area contributed by atoms with E-state index in [0.29, 0.717) is 6.04 Å². The number of nitrogens with one attached hydrogen (secondary N) is 1. The van der Waals surface area contributed by atoms with Crippen LogP contribution in [-0.2, 0) is 6.42 Å². The Hall–Kier alpha value is -1.81. The van der Waals surface area contributed by atoms with Gasteiger partial charge in [-0.05, 0) is 37.6 Å². The summed E-state index contributed by atoms with van der Waals surface area (Å²) in [6.45, 7) is 6.34. The number of anilines is 1. The van der Waals surface area contributed by atoms with Gasteiger partial charge in [-0.3, -0.25) is 0 Å². The molecule has 2 atom stereocenters. The highest BCUT2D eigenvalue weighted by atomic mass is 16.3. The van der Waals surface area contributed by atoms with Gasteiger partial charge in [0.05, 0.1) is 6.04 Å². The average molecular weight is 285 g/mol. The summed E-state index contributed by atoms with van der Waals surface area (Å²) in [5, 5.41) is 3.67. The third-order valence-corrected chi connectivity index (χ3v) is 4.10. The molecule has 3 rings (SSSR count). The second-order valence-electron chi connectivity index (χ2n) is 5.67. The summed E-state index contributed by atoms with van der Waals surface area (Å²) >= 11 is 0. The molecule has 4 heteroatoms. The van der Waals surface area contributed by atoms with Gasteiger partial charge in [0, 0.05) is 31.7 Å². The molecule has 4 nitrogen and oxygen atoms in total. The fraction of sp³-hybridized carbons (Fsp3) is 0.471. The van der Waals surface area contributed by atoms with Crippen molar-refractivity contribution in [2.24, 2.45) is 0 Å². The normalized spacial score (nSPS) is 19.9. The van der Waals surface area contributed by atoms with Crippen LogP contribution >= 0.6 is 0 Å². The number of aromatic nitrogens is 1. The zero-order chi connectivity index (χ0) is 14.7. The number of aryl methyl sites for hydroxylation is 1. The van der Waals surface area contributed by atoms with Crippen molar-refractivity contribution in [3.63, 3.8) is 0 Å². The monoisotopic (exact) mass is 285 g/mol. The van der Waals surface area contributed by atoms with Gasteiger partial charge in [0.1, 0.15) is 17.3 Å². The van der Waals surface area contributed by atoms with Crippen molar-refractivity contribution in [1.29, 1.82) is 0 Å². The summed E-state index contributed by atoms with van der Waals surface area (Å²) in [6.07, 6.45) is 3.94. The quantitative estimate of drug-likeness (QED) is 0.916. The topological polar surface area (TPSA) is 41.3 Å². The molecule has 0 saturated carbocycles. The highest BCUT2D eigenvalue weighted by molar-refractivity contribution is 5.39. The van der Waals surface area contributed by atoms with Crippen LogP contribution < -0.4 is 10.2 Å². The molecule has 0 amide bonds. The lowest BCUT2D eigenvalue weighted by atomic mass is 10.2. The van der Waals surface area contributed by atoms with Gasteiger partial charge in [-0.15, -0.1) is 0 Å². The van der Waals surface area contributed by atoms with Crippen LogP contribution in [-0.4, -0.2) is 24.1 Å². The number of furan rings is 1. The molecule has 1 aliphatic rings. The Kier molecular flexibility index (Phi) is 4.25. The third kappa shape index (κ3) is 3.27. The standard InChI is InChI=1S/C17H23N3O/c1-3-15-7-8-16(21-15)13(2)19-14-9-11-20(12-14)17-6-4-5-10-18-17/h4-8,10,13-14,19H,3,9,11-12H2,1-2H3/t13-,14-/m0/s1. The van der Waals surface area contributed by atoms with Crippen molar-refractivity contribution in [2.75, 3.05) is 18.0 Å². The van der Waals surface area contributed by atoms with Gasteiger partial charge < -0.3 is 14.6 Å². The van der Waals surface area contributed by atoms with E-state index in [9.17, 15) is 0 Å².